The lowest BCUT2D eigenvalue weighted by atomic mass is 9.97. The first-order chi connectivity index (χ1) is 7.81. The van der Waals surface area contributed by atoms with Gasteiger partial charge in [-0.15, -0.1) is 0 Å². The van der Waals surface area contributed by atoms with Gasteiger partial charge >= 0.3 is 0 Å². The number of hydrogen-bond acceptors (Lipinski definition) is 3. The molecule has 1 fully saturated rings. The Hall–Kier alpha value is -1.19. The standard InChI is InChI=1S/C11H13NO.C2H6O/c13-8-11-6-10(7-12-11)9-4-2-1-3-5-9;1-3-2/h1-5,8,10-12H,6-7H2;1-2H3/t10-,11?;/m1./s1. The highest BCUT2D eigenvalue weighted by atomic mass is 16.4. The van der Waals surface area contributed by atoms with Crippen molar-refractivity contribution in [3.05, 3.63) is 35.9 Å². The molecule has 1 unspecified atom stereocenters. The summed E-state index contributed by atoms with van der Waals surface area (Å²) in [5, 5.41) is 3.19. The van der Waals surface area contributed by atoms with Crippen molar-refractivity contribution in [2.75, 3.05) is 20.8 Å². The van der Waals surface area contributed by atoms with E-state index in [0.29, 0.717) is 5.92 Å². The Morgan fingerprint density at radius 3 is 2.44 bits per heavy atom. The molecule has 0 spiro atoms. The Kier molecular flexibility index (Phi) is 5.75. The van der Waals surface area contributed by atoms with E-state index >= 15 is 0 Å². The fourth-order valence-corrected chi connectivity index (χ4v) is 1.85. The summed E-state index contributed by atoms with van der Waals surface area (Å²) in [6.45, 7) is 0.924. The quantitative estimate of drug-likeness (QED) is 0.771. The van der Waals surface area contributed by atoms with Crippen molar-refractivity contribution in [2.45, 2.75) is 18.4 Å². The third kappa shape index (κ3) is 3.76. The van der Waals surface area contributed by atoms with Crippen LogP contribution in [-0.2, 0) is 9.53 Å². The van der Waals surface area contributed by atoms with Gasteiger partial charge in [-0.05, 0) is 17.9 Å². The number of aldehydes is 1. The van der Waals surface area contributed by atoms with Crippen molar-refractivity contribution in [1.29, 1.82) is 0 Å². The molecule has 0 aromatic heterocycles. The van der Waals surface area contributed by atoms with Crippen LogP contribution in [0.15, 0.2) is 30.3 Å². The number of hydrogen-bond donors (Lipinski definition) is 1. The molecule has 3 heteroatoms. The number of ether oxygens (including phenoxy) is 1. The van der Waals surface area contributed by atoms with Gasteiger partial charge in [-0.2, -0.15) is 0 Å². The smallest absolute Gasteiger partial charge is 0.136 e. The average molecular weight is 221 g/mol. The zero-order chi connectivity index (χ0) is 11.8. The Morgan fingerprint density at radius 1 is 1.31 bits per heavy atom. The average Bonchev–Trinajstić information content (AvgIpc) is 2.80. The molecule has 88 valence electrons. The fraction of sp³-hybridized carbons (Fsp3) is 0.462. The first-order valence-corrected chi connectivity index (χ1v) is 5.45. The van der Waals surface area contributed by atoms with E-state index in [4.69, 9.17) is 0 Å². The molecule has 1 aliphatic rings. The van der Waals surface area contributed by atoms with Crippen molar-refractivity contribution in [1.82, 2.24) is 5.32 Å². The zero-order valence-corrected chi connectivity index (χ0v) is 9.85. The topological polar surface area (TPSA) is 38.3 Å². The van der Waals surface area contributed by atoms with Crippen LogP contribution in [0.5, 0.6) is 0 Å². The van der Waals surface area contributed by atoms with E-state index in [-0.39, 0.29) is 6.04 Å². The molecule has 2 rings (SSSR count). The first-order valence-electron chi connectivity index (χ1n) is 5.45. The summed E-state index contributed by atoms with van der Waals surface area (Å²) in [7, 11) is 3.25. The van der Waals surface area contributed by atoms with Crippen molar-refractivity contribution < 1.29 is 9.53 Å². The van der Waals surface area contributed by atoms with E-state index in [0.717, 1.165) is 19.3 Å². The van der Waals surface area contributed by atoms with Crippen LogP contribution in [0.3, 0.4) is 0 Å². The summed E-state index contributed by atoms with van der Waals surface area (Å²) in [6.07, 6.45) is 1.94. The maximum Gasteiger partial charge on any atom is 0.136 e. The second-order valence-electron chi connectivity index (χ2n) is 3.90. The molecule has 16 heavy (non-hydrogen) atoms. The van der Waals surface area contributed by atoms with Crippen LogP contribution in [0.2, 0.25) is 0 Å². The SMILES string of the molecule is COC.O=CC1C[C@@H](c2ccccc2)CN1. The first kappa shape index (κ1) is 12.9. The highest BCUT2D eigenvalue weighted by Gasteiger charge is 2.24. The maximum atomic E-state index is 10.5. The van der Waals surface area contributed by atoms with Gasteiger partial charge in [0, 0.05) is 20.8 Å². The largest absolute Gasteiger partial charge is 0.388 e. The molecule has 0 aliphatic carbocycles. The third-order valence-electron chi connectivity index (χ3n) is 2.60. The second-order valence-corrected chi connectivity index (χ2v) is 3.90. The van der Waals surface area contributed by atoms with E-state index in [9.17, 15) is 4.79 Å². The lowest BCUT2D eigenvalue weighted by molar-refractivity contribution is -0.109. The Labute approximate surface area is 96.8 Å². The number of benzene rings is 1. The van der Waals surface area contributed by atoms with Crippen molar-refractivity contribution in [3.8, 4) is 0 Å². The van der Waals surface area contributed by atoms with Gasteiger partial charge in [-0.3, -0.25) is 0 Å². The van der Waals surface area contributed by atoms with Crippen LogP contribution >= 0.6 is 0 Å². The van der Waals surface area contributed by atoms with E-state index in [1.54, 1.807) is 14.2 Å². The molecule has 2 atom stereocenters. The van der Waals surface area contributed by atoms with Crippen LogP contribution in [0.25, 0.3) is 0 Å². The molecular formula is C13H19NO2. The molecule has 3 nitrogen and oxygen atoms in total. The Morgan fingerprint density at radius 2 is 1.94 bits per heavy atom. The van der Waals surface area contributed by atoms with Gasteiger partial charge in [0.15, 0.2) is 0 Å². The van der Waals surface area contributed by atoms with Crippen molar-refractivity contribution in [3.63, 3.8) is 0 Å². The van der Waals surface area contributed by atoms with Crippen LogP contribution in [0, 0.1) is 0 Å². The molecule has 0 radical (unpaired) electrons. The molecule has 1 heterocycles. The van der Waals surface area contributed by atoms with Gasteiger partial charge in [0.2, 0.25) is 0 Å². The lowest BCUT2D eigenvalue weighted by Crippen LogP contribution is -2.22. The third-order valence-corrected chi connectivity index (χ3v) is 2.60. The fourth-order valence-electron chi connectivity index (χ4n) is 1.85. The summed E-state index contributed by atoms with van der Waals surface area (Å²) in [5.41, 5.74) is 1.33. The van der Waals surface area contributed by atoms with Crippen molar-refractivity contribution >= 4 is 6.29 Å². The minimum absolute atomic E-state index is 0.0604. The van der Waals surface area contributed by atoms with E-state index < -0.39 is 0 Å². The summed E-state index contributed by atoms with van der Waals surface area (Å²) in [6, 6.07) is 10.4. The number of nitrogens with one attached hydrogen (secondary N) is 1. The number of carbonyl (C=O) groups excluding carboxylic acids is 1. The van der Waals surface area contributed by atoms with Gasteiger partial charge in [0.1, 0.15) is 6.29 Å². The molecule has 1 N–H and O–H groups in total. The molecule has 0 bridgehead atoms. The molecule has 1 aliphatic heterocycles. The molecular weight excluding hydrogens is 202 g/mol. The van der Waals surface area contributed by atoms with Crippen LogP contribution in [0.1, 0.15) is 17.9 Å². The lowest BCUT2D eigenvalue weighted by Gasteiger charge is -2.07. The monoisotopic (exact) mass is 221 g/mol. The summed E-state index contributed by atoms with van der Waals surface area (Å²) >= 11 is 0. The predicted octanol–water partition coefficient (Wildman–Crippen LogP) is 1.59. The van der Waals surface area contributed by atoms with Gasteiger partial charge in [-0.1, -0.05) is 30.3 Å². The predicted molar refractivity (Wildman–Crippen MR) is 64.6 cm³/mol. The minimum Gasteiger partial charge on any atom is -0.388 e. The minimum atomic E-state index is 0.0604. The normalized spacial score (nSPS) is 23.4. The number of methoxy groups -OCH3 is 1. The van der Waals surface area contributed by atoms with Crippen LogP contribution < -0.4 is 5.32 Å². The van der Waals surface area contributed by atoms with Gasteiger partial charge in [0.05, 0.1) is 6.04 Å². The highest BCUT2D eigenvalue weighted by Crippen LogP contribution is 2.24. The van der Waals surface area contributed by atoms with E-state index in [1.165, 1.54) is 5.56 Å². The molecule has 0 saturated carbocycles. The van der Waals surface area contributed by atoms with Gasteiger partial charge < -0.3 is 14.8 Å². The molecule has 1 saturated heterocycles. The van der Waals surface area contributed by atoms with Crippen molar-refractivity contribution in [2.24, 2.45) is 0 Å². The van der Waals surface area contributed by atoms with Gasteiger partial charge in [-0.25, -0.2) is 0 Å². The van der Waals surface area contributed by atoms with E-state index in [2.05, 4.69) is 22.2 Å². The highest BCUT2D eigenvalue weighted by molar-refractivity contribution is 5.58. The Balaban J connectivity index is 0.000000386. The summed E-state index contributed by atoms with van der Waals surface area (Å²) in [4.78, 5) is 10.5. The second kappa shape index (κ2) is 7.14. The molecule has 1 aromatic rings. The van der Waals surface area contributed by atoms with Crippen LogP contribution in [-0.4, -0.2) is 33.1 Å². The molecule has 0 amide bonds. The summed E-state index contributed by atoms with van der Waals surface area (Å²) < 4.78 is 4.25. The Bertz CT molecular complexity index is 300. The molecule has 1 aromatic carbocycles. The summed E-state index contributed by atoms with van der Waals surface area (Å²) in [5.74, 6) is 0.511. The maximum absolute atomic E-state index is 10.5. The number of carbonyl (C=O) groups is 1. The zero-order valence-electron chi connectivity index (χ0n) is 9.85. The van der Waals surface area contributed by atoms with E-state index in [1.807, 2.05) is 18.2 Å². The van der Waals surface area contributed by atoms with Gasteiger partial charge in [0.25, 0.3) is 0 Å². The van der Waals surface area contributed by atoms with Crippen LogP contribution in [0.4, 0.5) is 0 Å². The number of rotatable bonds is 2.